The smallest absolute Gasteiger partial charge is 0.341 e. The molecule has 1 saturated heterocycles. The molecule has 166 valence electrons. The molecule has 2 heterocycles. The summed E-state index contributed by atoms with van der Waals surface area (Å²) in [6.07, 6.45) is 2.46. The average molecular weight is 458 g/mol. The van der Waals surface area contributed by atoms with E-state index < -0.39 is 15.8 Å². The molecule has 9 nitrogen and oxygen atoms in total. The predicted molar refractivity (Wildman–Crippen MR) is 114 cm³/mol. The SMILES string of the molecule is CCOC(=O)c1c(C2CC2)csc1NC(=O)CN(C)CC(=O)NC1CCS(=O)(=O)C1. The first kappa shape index (κ1) is 22.7. The number of carbonyl (C=O) groups excluding carboxylic acids is 3. The molecule has 1 aromatic heterocycles. The fraction of sp³-hybridized carbons (Fsp3) is 0.632. The van der Waals surface area contributed by atoms with Gasteiger partial charge in [-0.05, 0) is 50.1 Å². The maximum atomic E-state index is 12.5. The van der Waals surface area contributed by atoms with Gasteiger partial charge in [0, 0.05) is 6.04 Å². The van der Waals surface area contributed by atoms with Crippen LogP contribution in [0.2, 0.25) is 0 Å². The van der Waals surface area contributed by atoms with Crippen LogP contribution in [0.3, 0.4) is 0 Å². The minimum Gasteiger partial charge on any atom is -0.462 e. The molecule has 1 atom stereocenters. The van der Waals surface area contributed by atoms with Crippen molar-refractivity contribution >= 4 is 44.0 Å². The second-order valence-corrected chi connectivity index (χ2v) is 10.9. The first-order chi connectivity index (χ1) is 14.2. The van der Waals surface area contributed by atoms with Crippen molar-refractivity contribution in [2.75, 3.05) is 43.6 Å². The van der Waals surface area contributed by atoms with Gasteiger partial charge in [0.2, 0.25) is 11.8 Å². The molecule has 1 unspecified atom stereocenters. The topological polar surface area (TPSA) is 122 Å². The normalized spacial score (nSPS) is 20.2. The lowest BCUT2D eigenvalue weighted by atomic mass is 10.1. The summed E-state index contributed by atoms with van der Waals surface area (Å²) in [5.41, 5.74) is 1.36. The quantitative estimate of drug-likeness (QED) is 0.530. The summed E-state index contributed by atoms with van der Waals surface area (Å²) in [4.78, 5) is 38.5. The Kier molecular flexibility index (Phi) is 7.14. The van der Waals surface area contributed by atoms with E-state index in [1.807, 2.05) is 5.38 Å². The van der Waals surface area contributed by atoms with E-state index in [2.05, 4.69) is 10.6 Å². The Bertz CT molecular complexity index is 923. The summed E-state index contributed by atoms with van der Waals surface area (Å²) in [7, 11) is -1.44. The highest BCUT2D eigenvalue weighted by Crippen LogP contribution is 2.46. The van der Waals surface area contributed by atoms with Crippen molar-refractivity contribution < 1.29 is 27.5 Å². The van der Waals surface area contributed by atoms with E-state index >= 15 is 0 Å². The Balaban J connectivity index is 1.52. The Hall–Kier alpha value is -1.98. The van der Waals surface area contributed by atoms with Gasteiger partial charge in [-0.25, -0.2) is 13.2 Å². The lowest BCUT2D eigenvalue weighted by Gasteiger charge is -2.18. The molecule has 2 N–H and O–H groups in total. The molecule has 1 saturated carbocycles. The third-order valence-corrected chi connectivity index (χ3v) is 7.68. The molecule has 1 aliphatic carbocycles. The third-order valence-electron chi connectivity index (χ3n) is 4.99. The number of nitrogens with zero attached hydrogens (tertiary/aromatic N) is 1. The fourth-order valence-corrected chi connectivity index (χ4v) is 6.19. The van der Waals surface area contributed by atoms with Crippen LogP contribution < -0.4 is 10.6 Å². The number of esters is 1. The third kappa shape index (κ3) is 6.02. The van der Waals surface area contributed by atoms with E-state index in [9.17, 15) is 22.8 Å². The molecule has 2 aliphatic rings. The van der Waals surface area contributed by atoms with Crippen molar-refractivity contribution in [3.8, 4) is 0 Å². The van der Waals surface area contributed by atoms with Gasteiger partial charge < -0.3 is 15.4 Å². The van der Waals surface area contributed by atoms with Gasteiger partial charge in [-0.1, -0.05) is 0 Å². The zero-order chi connectivity index (χ0) is 21.9. The molecule has 3 rings (SSSR count). The molecule has 1 aliphatic heterocycles. The van der Waals surface area contributed by atoms with Crippen LogP contribution in [0.1, 0.15) is 48.0 Å². The van der Waals surface area contributed by atoms with Crippen LogP contribution in [-0.4, -0.2) is 75.4 Å². The van der Waals surface area contributed by atoms with E-state index in [4.69, 9.17) is 4.74 Å². The van der Waals surface area contributed by atoms with Gasteiger partial charge in [-0.15, -0.1) is 11.3 Å². The maximum Gasteiger partial charge on any atom is 0.341 e. The van der Waals surface area contributed by atoms with Gasteiger partial charge in [0.1, 0.15) is 5.00 Å². The first-order valence-corrected chi connectivity index (χ1v) is 12.6. The highest BCUT2D eigenvalue weighted by Gasteiger charge is 2.32. The van der Waals surface area contributed by atoms with Crippen LogP contribution in [0.15, 0.2) is 5.38 Å². The van der Waals surface area contributed by atoms with E-state index in [1.165, 1.54) is 16.2 Å². The Morgan fingerprint density at radius 1 is 1.20 bits per heavy atom. The molecule has 2 amide bonds. The summed E-state index contributed by atoms with van der Waals surface area (Å²) in [5, 5.41) is 7.83. The summed E-state index contributed by atoms with van der Waals surface area (Å²) in [6.45, 7) is 1.91. The van der Waals surface area contributed by atoms with Crippen molar-refractivity contribution in [1.29, 1.82) is 0 Å². The molecular formula is C19H27N3O6S2. The molecule has 1 aromatic rings. The van der Waals surface area contributed by atoms with Crippen LogP contribution in [0.4, 0.5) is 5.00 Å². The van der Waals surface area contributed by atoms with Crippen LogP contribution in [0.25, 0.3) is 0 Å². The highest BCUT2D eigenvalue weighted by atomic mass is 32.2. The van der Waals surface area contributed by atoms with Crippen molar-refractivity contribution in [3.05, 3.63) is 16.5 Å². The highest BCUT2D eigenvalue weighted by molar-refractivity contribution is 7.91. The predicted octanol–water partition coefficient (Wildman–Crippen LogP) is 0.976. The molecule has 0 spiro atoms. The molecule has 0 bridgehead atoms. The fourth-order valence-electron chi connectivity index (χ4n) is 3.47. The molecule has 0 radical (unpaired) electrons. The zero-order valence-electron chi connectivity index (χ0n) is 17.1. The second kappa shape index (κ2) is 9.44. The molecule has 30 heavy (non-hydrogen) atoms. The summed E-state index contributed by atoms with van der Waals surface area (Å²) in [5.74, 6) is -0.716. The number of rotatable bonds is 9. The Morgan fingerprint density at radius 2 is 1.90 bits per heavy atom. The molecule has 0 aromatic carbocycles. The number of thiophene rings is 1. The minimum absolute atomic E-state index is 0.0353. The average Bonchev–Trinajstić information content (AvgIpc) is 3.31. The maximum absolute atomic E-state index is 12.5. The van der Waals surface area contributed by atoms with Gasteiger partial charge in [-0.2, -0.15) is 0 Å². The number of ether oxygens (including phenoxy) is 1. The number of nitrogens with one attached hydrogen (secondary N) is 2. The lowest BCUT2D eigenvalue weighted by molar-refractivity contribution is -0.123. The lowest BCUT2D eigenvalue weighted by Crippen LogP contribution is -2.43. The largest absolute Gasteiger partial charge is 0.462 e. The molecule has 11 heteroatoms. The Morgan fingerprint density at radius 3 is 2.50 bits per heavy atom. The van der Waals surface area contributed by atoms with E-state index in [0.717, 1.165) is 18.4 Å². The van der Waals surface area contributed by atoms with E-state index in [1.54, 1.807) is 14.0 Å². The van der Waals surface area contributed by atoms with Crippen molar-refractivity contribution in [3.63, 3.8) is 0 Å². The van der Waals surface area contributed by atoms with Gasteiger partial charge in [0.05, 0.1) is 36.8 Å². The van der Waals surface area contributed by atoms with Gasteiger partial charge >= 0.3 is 5.97 Å². The number of carbonyl (C=O) groups is 3. The molecule has 2 fully saturated rings. The number of likely N-dealkylation sites (N-methyl/N-ethyl adjacent to an activating group) is 1. The summed E-state index contributed by atoms with van der Waals surface area (Å²) >= 11 is 1.30. The summed E-state index contributed by atoms with van der Waals surface area (Å²) in [6, 6.07) is -0.371. The van der Waals surface area contributed by atoms with E-state index in [-0.39, 0.29) is 49.1 Å². The van der Waals surface area contributed by atoms with Crippen LogP contribution in [0.5, 0.6) is 0 Å². The second-order valence-electron chi connectivity index (χ2n) is 7.78. The van der Waals surface area contributed by atoms with Gasteiger partial charge in [0.15, 0.2) is 9.84 Å². The number of sulfone groups is 1. The first-order valence-electron chi connectivity index (χ1n) is 9.95. The number of hydrogen-bond donors (Lipinski definition) is 2. The zero-order valence-corrected chi connectivity index (χ0v) is 18.7. The van der Waals surface area contributed by atoms with Crippen LogP contribution in [-0.2, 0) is 24.2 Å². The molecular weight excluding hydrogens is 430 g/mol. The van der Waals surface area contributed by atoms with Gasteiger partial charge in [0.25, 0.3) is 0 Å². The van der Waals surface area contributed by atoms with E-state index in [0.29, 0.717) is 22.9 Å². The van der Waals surface area contributed by atoms with Gasteiger partial charge in [-0.3, -0.25) is 14.5 Å². The monoisotopic (exact) mass is 457 g/mol. The minimum atomic E-state index is -3.07. The van der Waals surface area contributed by atoms with Crippen LogP contribution >= 0.6 is 11.3 Å². The van der Waals surface area contributed by atoms with Crippen molar-refractivity contribution in [2.24, 2.45) is 0 Å². The summed E-state index contributed by atoms with van der Waals surface area (Å²) < 4.78 is 28.1. The number of amides is 2. The van der Waals surface area contributed by atoms with Crippen LogP contribution in [0, 0.1) is 0 Å². The van der Waals surface area contributed by atoms with Crippen molar-refractivity contribution in [2.45, 2.75) is 38.1 Å². The standard InChI is InChI=1S/C19H27N3O6S2/c1-3-28-19(25)17-14(12-4-5-12)10-29-18(17)21-16(24)9-22(2)8-15(23)20-13-6-7-30(26,27)11-13/h10,12-13H,3-9,11H2,1-2H3,(H,20,23)(H,21,24). The Labute approximate surface area is 180 Å². The van der Waals surface area contributed by atoms with Crippen molar-refractivity contribution in [1.82, 2.24) is 10.2 Å². The number of anilines is 1. The number of hydrogen-bond acceptors (Lipinski definition) is 8.